The fraction of sp³-hybridized carbons (Fsp3) is 0.750. The van der Waals surface area contributed by atoms with Gasteiger partial charge in [-0.2, -0.15) is 0 Å². The molecule has 0 aromatic carbocycles. The first kappa shape index (κ1) is 21.2. The highest BCUT2D eigenvalue weighted by atomic mass is 32.2. The van der Waals surface area contributed by atoms with E-state index in [1.165, 1.54) is 6.92 Å². The van der Waals surface area contributed by atoms with Crippen molar-refractivity contribution in [2.24, 2.45) is 5.11 Å². The number of nitrogens with zero attached hydrogens (tertiary/aromatic N) is 3. The number of ether oxygens (including phenoxy) is 2. The van der Waals surface area contributed by atoms with Crippen LogP contribution < -0.4 is 4.72 Å². The van der Waals surface area contributed by atoms with Crippen molar-refractivity contribution < 1.29 is 38.0 Å². The third-order valence-corrected chi connectivity index (χ3v) is 4.88. The van der Waals surface area contributed by atoms with Crippen molar-refractivity contribution in [3.63, 3.8) is 0 Å². The van der Waals surface area contributed by atoms with Gasteiger partial charge in [0.2, 0.25) is 15.8 Å². The predicted octanol–water partition coefficient (Wildman–Crippen LogP) is -1.86. The highest BCUT2D eigenvalue weighted by Crippen LogP contribution is 2.26. The SMILES string of the molecule is CCS(=O)(=O)N[C@H]1[C@H]([C@H](O)[C@H](O)CO)OC(C(=O)OC)=C[C@@H]1N=[N+]=[N-]. The highest BCUT2D eigenvalue weighted by molar-refractivity contribution is 7.89. The molecule has 0 radical (unpaired) electrons. The molecule has 0 aromatic rings. The maximum atomic E-state index is 11.9. The topological polar surface area (TPSA) is 191 Å². The van der Waals surface area contributed by atoms with Gasteiger partial charge in [-0.05, 0) is 18.5 Å². The molecular weight excluding hydrogens is 360 g/mol. The predicted molar refractivity (Wildman–Crippen MR) is 83.4 cm³/mol. The molecule has 0 aliphatic carbocycles. The van der Waals surface area contributed by atoms with Crippen LogP contribution in [0.4, 0.5) is 0 Å². The first-order valence-electron chi connectivity index (χ1n) is 7.18. The van der Waals surface area contributed by atoms with Crippen LogP contribution in [0, 0.1) is 0 Å². The largest absolute Gasteiger partial charge is 0.479 e. The van der Waals surface area contributed by atoms with Gasteiger partial charge in [-0.15, -0.1) is 0 Å². The summed E-state index contributed by atoms with van der Waals surface area (Å²) in [4.78, 5) is 14.3. The molecule has 0 saturated heterocycles. The molecule has 0 spiro atoms. The van der Waals surface area contributed by atoms with Gasteiger partial charge in [0.1, 0.15) is 18.3 Å². The second-order valence-electron chi connectivity index (χ2n) is 5.09. The summed E-state index contributed by atoms with van der Waals surface area (Å²) in [5.74, 6) is -1.70. The molecule has 4 N–H and O–H groups in total. The van der Waals surface area contributed by atoms with Gasteiger partial charge in [0, 0.05) is 4.91 Å². The lowest BCUT2D eigenvalue weighted by Crippen LogP contribution is -2.59. The van der Waals surface area contributed by atoms with Gasteiger partial charge in [0.05, 0.1) is 31.6 Å². The Morgan fingerprint density at radius 3 is 2.68 bits per heavy atom. The molecule has 0 fully saturated rings. The lowest BCUT2D eigenvalue weighted by Gasteiger charge is -2.38. The van der Waals surface area contributed by atoms with Crippen molar-refractivity contribution in [2.45, 2.75) is 37.3 Å². The van der Waals surface area contributed by atoms with Crippen molar-refractivity contribution in [1.29, 1.82) is 0 Å². The molecule has 1 heterocycles. The lowest BCUT2D eigenvalue weighted by molar-refractivity contribution is -0.147. The number of nitrogens with one attached hydrogen (secondary N) is 1. The average molecular weight is 380 g/mol. The summed E-state index contributed by atoms with van der Waals surface area (Å²) in [6, 6.07) is -2.58. The van der Waals surface area contributed by atoms with E-state index < -0.39 is 58.8 Å². The Kier molecular flexibility index (Phi) is 7.60. The summed E-state index contributed by atoms with van der Waals surface area (Å²) in [6.07, 6.45) is -3.97. The van der Waals surface area contributed by atoms with Gasteiger partial charge >= 0.3 is 5.97 Å². The number of azide groups is 1. The Balaban J connectivity index is 3.37. The Labute approximate surface area is 143 Å². The number of sulfonamides is 1. The van der Waals surface area contributed by atoms with E-state index in [2.05, 4.69) is 19.5 Å². The molecule has 1 aliphatic rings. The number of esters is 1. The summed E-state index contributed by atoms with van der Waals surface area (Å²) < 4.78 is 35.7. The van der Waals surface area contributed by atoms with Gasteiger partial charge in [0.25, 0.3) is 0 Å². The first-order valence-corrected chi connectivity index (χ1v) is 8.83. The van der Waals surface area contributed by atoms with Gasteiger partial charge in [-0.25, -0.2) is 17.9 Å². The fourth-order valence-corrected chi connectivity index (χ4v) is 2.99. The molecule has 0 unspecified atom stereocenters. The molecule has 142 valence electrons. The zero-order valence-corrected chi connectivity index (χ0v) is 14.3. The number of carbonyl (C=O) groups excluding carboxylic acids is 1. The monoisotopic (exact) mass is 380 g/mol. The quantitative estimate of drug-likeness (QED) is 0.163. The molecule has 0 amide bonds. The second kappa shape index (κ2) is 8.99. The molecule has 0 aromatic heterocycles. The van der Waals surface area contributed by atoms with E-state index in [1.54, 1.807) is 0 Å². The van der Waals surface area contributed by atoms with Crippen LogP contribution in [0.1, 0.15) is 6.92 Å². The van der Waals surface area contributed by atoms with Crippen molar-refractivity contribution in [1.82, 2.24) is 4.72 Å². The number of methoxy groups -OCH3 is 1. The van der Waals surface area contributed by atoms with Crippen LogP contribution in [-0.2, 0) is 24.3 Å². The summed E-state index contributed by atoms with van der Waals surface area (Å²) in [5, 5.41) is 32.2. The Morgan fingerprint density at radius 1 is 1.56 bits per heavy atom. The minimum absolute atomic E-state index is 0.314. The van der Waals surface area contributed by atoms with E-state index in [0.717, 1.165) is 13.2 Å². The molecule has 12 nitrogen and oxygen atoms in total. The Hall–Kier alpha value is -1.89. The summed E-state index contributed by atoms with van der Waals surface area (Å²) in [7, 11) is -2.76. The standard InChI is InChI=1S/C12H20N4O8S/c1-3-25(21,22)15-9-6(14-16-13)4-8(12(20)23-2)24-11(9)10(19)7(18)5-17/h4,6-7,9-11,15,17-19H,3,5H2,1-2H3/t6-,7+,9+,10+,11+/m0/s1. The van der Waals surface area contributed by atoms with Gasteiger partial charge in [0.15, 0.2) is 0 Å². The maximum absolute atomic E-state index is 11.9. The number of hydrogen-bond acceptors (Lipinski definition) is 9. The summed E-state index contributed by atoms with van der Waals surface area (Å²) in [6.45, 7) is 0.510. The molecule has 0 bridgehead atoms. The van der Waals surface area contributed by atoms with Crippen molar-refractivity contribution >= 4 is 16.0 Å². The molecule has 1 aliphatic heterocycles. The van der Waals surface area contributed by atoms with E-state index in [0.29, 0.717) is 0 Å². The van der Waals surface area contributed by atoms with Crippen LogP contribution in [0.3, 0.4) is 0 Å². The molecule has 13 heteroatoms. The molecule has 0 saturated carbocycles. The van der Waals surface area contributed by atoms with E-state index in [-0.39, 0.29) is 5.75 Å². The number of hydrogen-bond donors (Lipinski definition) is 4. The maximum Gasteiger partial charge on any atom is 0.372 e. The highest BCUT2D eigenvalue weighted by Gasteiger charge is 2.44. The van der Waals surface area contributed by atoms with E-state index in [1.807, 2.05) is 0 Å². The second-order valence-corrected chi connectivity index (χ2v) is 7.13. The smallest absolute Gasteiger partial charge is 0.372 e. The Bertz CT molecular complexity index is 660. The molecule has 1 rings (SSSR count). The number of aliphatic hydroxyl groups is 3. The van der Waals surface area contributed by atoms with E-state index in [9.17, 15) is 23.4 Å². The zero-order valence-electron chi connectivity index (χ0n) is 13.5. The number of rotatable bonds is 8. The van der Waals surface area contributed by atoms with Crippen LogP contribution in [0.25, 0.3) is 10.4 Å². The average Bonchev–Trinajstić information content (AvgIpc) is 2.60. The minimum Gasteiger partial charge on any atom is -0.479 e. The third kappa shape index (κ3) is 5.29. The van der Waals surface area contributed by atoms with Crippen LogP contribution in [0.2, 0.25) is 0 Å². The van der Waals surface area contributed by atoms with E-state index in [4.69, 9.17) is 15.4 Å². The zero-order chi connectivity index (χ0) is 19.2. The molecule has 25 heavy (non-hydrogen) atoms. The van der Waals surface area contributed by atoms with Crippen molar-refractivity contribution in [3.8, 4) is 0 Å². The number of aliphatic hydroxyl groups excluding tert-OH is 3. The van der Waals surface area contributed by atoms with E-state index >= 15 is 0 Å². The van der Waals surface area contributed by atoms with Crippen LogP contribution in [0.15, 0.2) is 16.9 Å². The van der Waals surface area contributed by atoms with Gasteiger partial charge in [-0.3, -0.25) is 0 Å². The minimum atomic E-state index is -3.83. The number of carbonyl (C=O) groups is 1. The summed E-state index contributed by atoms with van der Waals surface area (Å²) in [5.41, 5.74) is 8.70. The molecular formula is C12H20N4O8S. The van der Waals surface area contributed by atoms with Gasteiger partial charge in [-0.1, -0.05) is 5.11 Å². The Morgan fingerprint density at radius 2 is 2.20 bits per heavy atom. The lowest BCUT2D eigenvalue weighted by atomic mass is 9.93. The summed E-state index contributed by atoms with van der Waals surface area (Å²) >= 11 is 0. The van der Waals surface area contributed by atoms with Gasteiger partial charge < -0.3 is 24.8 Å². The molecule has 5 atom stereocenters. The third-order valence-electron chi connectivity index (χ3n) is 3.49. The normalized spacial score (nSPS) is 25.8. The fourth-order valence-electron chi connectivity index (χ4n) is 2.13. The van der Waals surface area contributed by atoms with Crippen molar-refractivity contribution in [3.05, 3.63) is 22.3 Å². The van der Waals surface area contributed by atoms with Crippen molar-refractivity contribution in [2.75, 3.05) is 19.5 Å². The van der Waals surface area contributed by atoms with Crippen LogP contribution >= 0.6 is 0 Å². The van der Waals surface area contributed by atoms with Crippen LogP contribution in [0.5, 0.6) is 0 Å². The first-order chi connectivity index (χ1) is 11.7. The van der Waals surface area contributed by atoms with Crippen LogP contribution in [-0.4, -0.2) is 79.6 Å².